The third kappa shape index (κ3) is 4.08. The van der Waals surface area contributed by atoms with Crippen molar-refractivity contribution in [1.82, 2.24) is 14.8 Å². The summed E-state index contributed by atoms with van der Waals surface area (Å²) in [5, 5.41) is 0. The molecule has 0 aromatic carbocycles. The van der Waals surface area contributed by atoms with Gasteiger partial charge in [0.2, 0.25) is 11.8 Å². The molecule has 2 aliphatic rings. The van der Waals surface area contributed by atoms with Gasteiger partial charge in [0.05, 0.1) is 0 Å². The largest absolute Gasteiger partial charge is 0.368 e. The molecule has 2 N–H and O–H groups in total. The minimum absolute atomic E-state index is 0.0140. The highest BCUT2D eigenvalue weighted by atomic mass is 32.2. The third-order valence-electron chi connectivity index (χ3n) is 4.81. The second-order valence-electron chi connectivity index (χ2n) is 6.44. The van der Waals surface area contributed by atoms with E-state index < -0.39 is 6.04 Å². The number of amides is 2. The van der Waals surface area contributed by atoms with E-state index in [-0.39, 0.29) is 17.7 Å². The monoisotopic (exact) mass is 348 g/mol. The van der Waals surface area contributed by atoms with E-state index in [0.29, 0.717) is 12.3 Å². The van der Waals surface area contributed by atoms with E-state index in [0.717, 1.165) is 38.2 Å². The molecule has 7 heteroatoms. The minimum Gasteiger partial charge on any atom is -0.368 e. The van der Waals surface area contributed by atoms with Crippen LogP contribution in [0.3, 0.4) is 0 Å². The lowest BCUT2D eigenvalue weighted by molar-refractivity contribution is -0.143. The van der Waals surface area contributed by atoms with Gasteiger partial charge in [-0.25, -0.2) is 0 Å². The molecule has 0 aliphatic carbocycles. The number of hydrogen-bond donors (Lipinski definition) is 1. The summed E-state index contributed by atoms with van der Waals surface area (Å²) in [6.07, 6.45) is 5.35. The van der Waals surface area contributed by atoms with Crippen molar-refractivity contribution in [2.45, 2.75) is 25.4 Å². The number of nitrogens with two attached hydrogens (primary N) is 1. The third-order valence-corrected chi connectivity index (χ3v) is 5.83. The lowest BCUT2D eigenvalue weighted by Crippen LogP contribution is -2.55. The van der Waals surface area contributed by atoms with E-state index in [1.165, 1.54) is 5.56 Å². The second kappa shape index (κ2) is 7.98. The Morgan fingerprint density at radius 1 is 1.29 bits per heavy atom. The number of likely N-dealkylation sites (tertiary alicyclic amines) is 1. The maximum atomic E-state index is 12.8. The van der Waals surface area contributed by atoms with Crippen LogP contribution in [0.25, 0.3) is 0 Å². The highest BCUT2D eigenvalue weighted by Crippen LogP contribution is 2.25. The molecule has 0 bridgehead atoms. The van der Waals surface area contributed by atoms with Gasteiger partial charge in [0.1, 0.15) is 6.04 Å². The average Bonchev–Trinajstić information content (AvgIpc) is 2.62. The molecule has 2 saturated heterocycles. The Bertz CT molecular complexity index is 575. The molecular weight excluding hydrogens is 324 g/mol. The topological polar surface area (TPSA) is 79.5 Å². The van der Waals surface area contributed by atoms with Crippen LogP contribution < -0.4 is 5.73 Å². The predicted molar refractivity (Wildman–Crippen MR) is 94.3 cm³/mol. The predicted octanol–water partition coefficient (Wildman–Crippen LogP) is 0.723. The highest BCUT2D eigenvalue weighted by Gasteiger charge is 2.35. The highest BCUT2D eigenvalue weighted by molar-refractivity contribution is 7.99. The molecule has 2 fully saturated rings. The Labute approximate surface area is 146 Å². The maximum absolute atomic E-state index is 12.8. The van der Waals surface area contributed by atoms with E-state index in [1.807, 2.05) is 12.3 Å². The van der Waals surface area contributed by atoms with Crippen molar-refractivity contribution in [2.75, 3.05) is 31.1 Å². The zero-order valence-electron chi connectivity index (χ0n) is 13.8. The van der Waals surface area contributed by atoms with Crippen molar-refractivity contribution in [3.05, 3.63) is 30.1 Å². The number of aromatic nitrogens is 1. The van der Waals surface area contributed by atoms with Crippen LogP contribution in [0.4, 0.5) is 0 Å². The molecule has 2 amide bonds. The Morgan fingerprint density at radius 3 is 2.75 bits per heavy atom. The van der Waals surface area contributed by atoms with Crippen LogP contribution >= 0.6 is 11.8 Å². The summed E-state index contributed by atoms with van der Waals surface area (Å²) in [5.74, 6) is 1.25. The summed E-state index contributed by atoms with van der Waals surface area (Å²) in [4.78, 5) is 32.6. The normalized spacial score (nSPS) is 23.2. The van der Waals surface area contributed by atoms with Crippen molar-refractivity contribution < 1.29 is 9.59 Å². The first-order valence-corrected chi connectivity index (χ1v) is 9.59. The fourth-order valence-electron chi connectivity index (χ4n) is 3.43. The fourth-order valence-corrected chi connectivity index (χ4v) is 4.49. The first-order chi connectivity index (χ1) is 11.6. The van der Waals surface area contributed by atoms with Crippen LogP contribution in [0.2, 0.25) is 0 Å². The summed E-state index contributed by atoms with van der Waals surface area (Å²) in [6, 6.07) is 3.58. The molecule has 6 nitrogen and oxygen atoms in total. The van der Waals surface area contributed by atoms with Crippen LogP contribution in [-0.2, 0) is 16.1 Å². The maximum Gasteiger partial charge on any atom is 0.241 e. The van der Waals surface area contributed by atoms with E-state index in [2.05, 4.69) is 16.0 Å². The van der Waals surface area contributed by atoms with Gasteiger partial charge < -0.3 is 10.6 Å². The van der Waals surface area contributed by atoms with Crippen molar-refractivity contribution in [3.8, 4) is 0 Å². The van der Waals surface area contributed by atoms with Crippen molar-refractivity contribution in [3.63, 3.8) is 0 Å². The van der Waals surface area contributed by atoms with E-state index in [9.17, 15) is 9.59 Å². The smallest absolute Gasteiger partial charge is 0.241 e. The zero-order chi connectivity index (χ0) is 16.9. The molecule has 1 unspecified atom stereocenters. The second-order valence-corrected chi connectivity index (χ2v) is 7.59. The number of pyridine rings is 1. The molecule has 0 radical (unpaired) electrons. The Balaban J connectivity index is 1.54. The summed E-state index contributed by atoms with van der Waals surface area (Å²) >= 11 is 1.69. The van der Waals surface area contributed by atoms with Gasteiger partial charge in [0, 0.05) is 42.9 Å². The molecule has 24 heavy (non-hydrogen) atoms. The quantitative estimate of drug-likeness (QED) is 0.867. The summed E-state index contributed by atoms with van der Waals surface area (Å²) in [6.45, 7) is 3.30. The fraction of sp³-hybridized carbons (Fsp3) is 0.588. The number of primary amides is 1. The van der Waals surface area contributed by atoms with E-state index in [1.54, 1.807) is 22.9 Å². The van der Waals surface area contributed by atoms with Gasteiger partial charge in [-0.3, -0.25) is 19.5 Å². The number of nitrogens with zero attached hydrogens (tertiary/aromatic N) is 3. The molecule has 2 aliphatic heterocycles. The van der Waals surface area contributed by atoms with Gasteiger partial charge >= 0.3 is 0 Å². The van der Waals surface area contributed by atoms with Crippen LogP contribution in [-0.4, -0.2) is 63.8 Å². The molecule has 130 valence electrons. The van der Waals surface area contributed by atoms with Gasteiger partial charge in [-0.15, -0.1) is 0 Å². The Morgan fingerprint density at radius 2 is 2.08 bits per heavy atom. The van der Waals surface area contributed by atoms with E-state index in [4.69, 9.17) is 5.73 Å². The number of piperidine rings is 1. The minimum atomic E-state index is -0.440. The lowest BCUT2D eigenvalue weighted by atomic mass is 9.94. The first kappa shape index (κ1) is 17.2. The van der Waals surface area contributed by atoms with Gasteiger partial charge in [-0.1, -0.05) is 6.07 Å². The average molecular weight is 348 g/mol. The Kier molecular flexibility index (Phi) is 5.73. The van der Waals surface area contributed by atoms with Crippen LogP contribution in [0, 0.1) is 5.92 Å². The molecule has 0 spiro atoms. The SMILES string of the molecule is NC(=O)C1CSCCN1C(=O)C1CCN(Cc2cccnc2)CC1. The lowest BCUT2D eigenvalue weighted by Gasteiger charge is -2.38. The van der Waals surface area contributed by atoms with Crippen molar-refractivity contribution in [2.24, 2.45) is 11.7 Å². The van der Waals surface area contributed by atoms with Crippen LogP contribution in [0.5, 0.6) is 0 Å². The molecule has 3 rings (SSSR count). The number of hydrogen-bond acceptors (Lipinski definition) is 5. The molecule has 1 aromatic rings. The molecule has 3 heterocycles. The number of carbonyl (C=O) groups is 2. The van der Waals surface area contributed by atoms with E-state index >= 15 is 0 Å². The summed E-state index contributed by atoms with van der Waals surface area (Å²) < 4.78 is 0. The Hall–Kier alpha value is -1.60. The standard InChI is InChI=1S/C17H24N4O2S/c18-16(22)15-12-24-9-8-21(15)17(23)14-3-6-20(7-4-14)11-13-2-1-5-19-10-13/h1-2,5,10,14-15H,3-4,6-9,11-12H2,(H2,18,22). The number of carbonyl (C=O) groups excluding carboxylic acids is 2. The zero-order valence-corrected chi connectivity index (χ0v) is 14.6. The van der Waals surface area contributed by atoms with Gasteiger partial charge in [0.25, 0.3) is 0 Å². The summed E-state index contributed by atoms with van der Waals surface area (Å²) in [7, 11) is 0. The van der Waals surface area contributed by atoms with Crippen LogP contribution in [0.15, 0.2) is 24.5 Å². The molecule has 0 saturated carbocycles. The molecule has 1 aromatic heterocycles. The van der Waals surface area contributed by atoms with Crippen molar-refractivity contribution >= 4 is 23.6 Å². The number of thioether (sulfide) groups is 1. The van der Waals surface area contributed by atoms with Gasteiger partial charge in [0.15, 0.2) is 0 Å². The summed E-state index contributed by atoms with van der Waals surface area (Å²) in [5.41, 5.74) is 6.67. The first-order valence-electron chi connectivity index (χ1n) is 8.44. The molecular formula is C17H24N4O2S. The number of rotatable bonds is 4. The van der Waals surface area contributed by atoms with Gasteiger partial charge in [-0.05, 0) is 37.6 Å². The molecule has 1 atom stereocenters. The van der Waals surface area contributed by atoms with Crippen molar-refractivity contribution in [1.29, 1.82) is 0 Å². The van der Waals surface area contributed by atoms with Crippen LogP contribution in [0.1, 0.15) is 18.4 Å². The van der Waals surface area contributed by atoms with Gasteiger partial charge in [-0.2, -0.15) is 11.8 Å².